The lowest BCUT2D eigenvalue weighted by Gasteiger charge is -2.24. The standard InChI is InChI=1S/C14H17FO2/c15-13-7-2-1-6-12(13)14(16)10-17-9-8-11-4-3-5-11/h1-2,6-7,11H,3-5,8-10H2. The predicted molar refractivity (Wildman–Crippen MR) is 63.5 cm³/mol. The number of carbonyl (C=O) groups is 1. The molecule has 1 fully saturated rings. The first-order valence-corrected chi connectivity index (χ1v) is 6.13. The molecule has 1 aromatic rings. The quantitative estimate of drug-likeness (QED) is 0.560. The Balaban J connectivity index is 1.71. The number of ketones is 1. The van der Waals surface area contributed by atoms with E-state index in [1.54, 1.807) is 12.1 Å². The van der Waals surface area contributed by atoms with Gasteiger partial charge in [-0.1, -0.05) is 31.4 Å². The summed E-state index contributed by atoms with van der Waals surface area (Å²) in [6.45, 7) is 0.582. The van der Waals surface area contributed by atoms with E-state index in [4.69, 9.17) is 4.74 Å². The number of rotatable bonds is 6. The molecule has 0 aromatic heterocycles. The van der Waals surface area contributed by atoms with Crippen molar-refractivity contribution < 1.29 is 13.9 Å². The first kappa shape index (κ1) is 12.2. The van der Waals surface area contributed by atoms with Crippen molar-refractivity contribution in [1.82, 2.24) is 0 Å². The molecule has 0 amide bonds. The minimum Gasteiger partial charge on any atom is -0.373 e. The number of ether oxygens (including phenoxy) is 1. The zero-order valence-corrected chi connectivity index (χ0v) is 9.82. The molecule has 0 bridgehead atoms. The van der Waals surface area contributed by atoms with Gasteiger partial charge in [-0.2, -0.15) is 0 Å². The molecule has 92 valence electrons. The van der Waals surface area contributed by atoms with E-state index in [0.29, 0.717) is 6.61 Å². The Bertz CT molecular complexity index is 386. The number of benzene rings is 1. The van der Waals surface area contributed by atoms with Crippen LogP contribution in [0.2, 0.25) is 0 Å². The van der Waals surface area contributed by atoms with Gasteiger partial charge < -0.3 is 4.74 Å². The smallest absolute Gasteiger partial charge is 0.191 e. The molecular formula is C14H17FO2. The van der Waals surface area contributed by atoms with E-state index in [1.165, 1.54) is 31.4 Å². The van der Waals surface area contributed by atoms with Gasteiger partial charge in [0.25, 0.3) is 0 Å². The van der Waals surface area contributed by atoms with Crippen LogP contribution in [0.1, 0.15) is 36.0 Å². The highest BCUT2D eigenvalue weighted by Gasteiger charge is 2.17. The fourth-order valence-corrected chi connectivity index (χ4v) is 1.96. The van der Waals surface area contributed by atoms with E-state index < -0.39 is 5.82 Å². The summed E-state index contributed by atoms with van der Waals surface area (Å²) in [5, 5.41) is 0. The maximum Gasteiger partial charge on any atom is 0.191 e. The largest absolute Gasteiger partial charge is 0.373 e. The highest BCUT2D eigenvalue weighted by Crippen LogP contribution is 2.29. The molecule has 3 heteroatoms. The van der Waals surface area contributed by atoms with Gasteiger partial charge in [-0.15, -0.1) is 0 Å². The van der Waals surface area contributed by atoms with Crippen LogP contribution in [0.25, 0.3) is 0 Å². The number of Topliss-reactive ketones (excluding diaryl/α,β-unsaturated/α-hetero) is 1. The van der Waals surface area contributed by atoms with E-state index >= 15 is 0 Å². The van der Waals surface area contributed by atoms with E-state index in [-0.39, 0.29) is 18.0 Å². The van der Waals surface area contributed by atoms with Crippen LogP contribution in [-0.4, -0.2) is 19.0 Å². The van der Waals surface area contributed by atoms with Crippen molar-refractivity contribution in [2.45, 2.75) is 25.7 Å². The molecule has 0 spiro atoms. The number of carbonyl (C=O) groups excluding carboxylic acids is 1. The molecule has 0 aliphatic heterocycles. The minimum absolute atomic E-state index is 0.0202. The second-order valence-electron chi connectivity index (χ2n) is 4.54. The van der Waals surface area contributed by atoms with Crippen LogP contribution in [0.3, 0.4) is 0 Å². The topological polar surface area (TPSA) is 26.3 Å². The Morgan fingerprint density at radius 3 is 2.76 bits per heavy atom. The van der Waals surface area contributed by atoms with Gasteiger partial charge in [0.05, 0.1) is 5.56 Å². The highest BCUT2D eigenvalue weighted by atomic mass is 19.1. The van der Waals surface area contributed by atoms with Crippen LogP contribution < -0.4 is 0 Å². The monoisotopic (exact) mass is 236 g/mol. The van der Waals surface area contributed by atoms with Crippen LogP contribution in [0, 0.1) is 11.7 Å². The van der Waals surface area contributed by atoms with Crippen LogP contribution in [0.15, 0.2) is 24.3 Å². The summed E-state index contributed by atoms with van der Waals surface area (Å²) in [4.78, 5) is 11.6. The SMILES string of the molecule is O=C(COCCC1CCC1)c1ccccc1F. The molecule has 2 nitrogen and oxygen atoms in total. The highest BCUT2D eigenvalue weighted by molar-refractivity contribution is 5.97. The molecule has 0 saturated heterocycles. The fraction of sp³-hybridized carbons (Fsp3) is 0.500. The van der Waals surface area contributed by atoms with Crippen LogP contribution >= 0.6 is 0 Å². The average molecular weight is 236 g/mol. The van der Waals surface area contributed by atoms with Crippen molar-refractivity contribution in [3.63, 3.8) is 0 Å². The van der Waals surface area contributed by atoms with Gasteiger partial charge >= 0.3 is 0 Å². The summed E-state index contributed by atoms with van der Waals surface area (Å²) in [5.41, 5.74) is 0.121. The average Bonchev–Trinajstić information content (AvgIpc) is 2.26. The summed E-state index contributed by atoms with van der Waals surface area (Å²) < 4.78 is 18.6. The third-order valence-electron chi connectivity index (χ3n) is 3.30. The fourth-order valence-electron chi connectivity index (χ4n) is 1.96. The third-order valence-corrected chi connectivity index (χ3v) is 3.30. The lowest BCUT2D eigenvalue weighted by Crippen LogP contribution is -2.16. The van der Waals surface area contributed by atoms with E-state index in [0.717, 1.165) is 12.3 Å². The first-order chi connectivity index (χ1) is 8.27. The number of hydrogen-bond acceptors (Lipinski definition) is 2. The van der Waals surface area contributed by atoms with Crippen molar-refractivity contribution in [1.29, 1.82) is 0 Å². The van der Waals surface area contributed by atoms with E-state index in [9.17, 15) is 9.18 Å². The van der Waals surface area contributed by atoms with Crippen molar-refractivity contribution in [3.8, 4) is 0 Å². The lowest BCUT2D eigenvalue weighted by atomic mass is 9.83. The van der Waals surface area contributed by atoms with Gasteiger partial charge in [0.15, 0.2) is 5.78 Å². The van der Waals surface area contributed by atoms with Crippen molar-refractivity contribution >= 4 is 5.78 Å². The molecule has 1 aliphatic carbocycles. The molecule has 1 aromatic carbocycles. The Labute approximate surface area is 101 Å². The maximum absolute atomic E-state index is 13.3. The Kier molecular flexibility index (Phi) is 4.26. The summed E-state index contributed by atoms with van der Waals surface area (Å²) in [5.74, 6) is 0.0235. The van der Waals surface area contributed by atoms with E-state index in [2.05, 4.69) is 0 Å². The molecule has 0 radical (unpaired) electrons. The molecule has 0 heterocycles. The Hall–Kier alpha value is -1.22. The van der Waals surface area contributed by atoms with Gasteiger partial charge in [-0.25, -0.2) is 4.39 Å². The van der Waals surface area contributed by atoms with Crippen LogP contribution in [-0.2, 0) is 4.74 Å². The molecule has 17 heavy (non-hydrogen) atoms. The van der Waals surface area contributed by atoms with Crippen LogP contribution in [0.5, 0.6) is 0 Å². The molecule has 2 rings (SSSR count). The second kappa shape index (κ2) is 5.92. The lowest BCUT2D eigenvalue weighted by molar-refractivity contribution is 0.0701. The summed E-state index contributed by atoms with van der Waals surface area (Å²) in [6.07, 6.45) is 4.90. The minimum atomic E-state index is -0.472. The normalized spacial score (nSPS) is 15.6. The summed E-state index contributed by atoms with van der Waals surface area (Å²) >= 11 is 0. The number of hydrogen-bond donors (Lipinski definition) is 0. The second-order valence-corrected chi connectivity index (χ2v) is 4.54. The third kappa shape index (κ3) is 3.37. The van der Waals surface area contributed by atoms with Crippen LogP contribution in [0.4, 0.5) is 4.39 Å². The Morgan fingerprint density at radius 1 is 1.35 bits per heavy atom. The maximum atomic E-state index is 13.3. The molecule has 0 atom stereocenters. The predicted octanol–water partition coefficient (Wildman–Crippen LogP) is 3.22. The van der Waals surface area contributed by atoms with E-state index in [1.807, 2.05) is 0 Å². The van der Waals surface area contributed by atoms with Crippen molar-refractivity contribution in [3.05, 3.63) is 35.6 Å². The zero-order chi connectivity index (χ0) is 12.1. The van der Waals surface area contributed by atoms with Crippen molar-refractivity contribution in [2.24, 2.45) is 5.92 Å². The first-order valence-electron chi connectivity index (χ1n) is 6.13. The van der Waals surface area contributed by atoms with Gasteiger partial charge in [0, 0.05) is 6.61 Å². The summed E-state index contributed by atoms with van der Waals surface area (Å²) in [6, 6.07) is 6.02. The van der Waals surface area contributed by atoms with Crippen molar-refractivity contribution in [2.75, 3.05) is 13.2 Å². The molecule has 1 aliphatic rings. The van der Waals surface area contributed by atoms with Gasteiger partial charge in [0.2, 0.25) is 0 Å². The number of halogens is 1. The molecular weight excluding hydrogens is 219 g/mol. The Morgan fingerprint density at radius 2 is 2.12 bits per heavy atom. The molecule has 0 N–H and O–H groups in total. The van der Waals surface area contributed by atoms with Gasteiger partial charge in [-0.05, 0) is 24.5 Å². The summed E-state index contributed by atoms with van der Waals surface area (Å²) in [7, 11) is 0. The molecule has 1 saturated carbocycles. The zero-order valence-electron chi connectivity index (χ0n) is 9.82. The van der Waals surface area contributed by atoms with Gasteiger partial charge in [-0.3, -0.25) is 4.79 Å². The molecule has 0 unspecified atom stereocenters. The van der Waals surface area contributed by atoms with Gasteiger partial charge in [0.1, 0.15) is 12.4 Å².